The van der Waals surface area contributed by atoms with Gasteiger partial charge in [0, 0.05) is 27.3 Å². The Morgan fingerprint density at radius 3 is 2.23 bits per heavy atom. The zero-order chi connectivity index (χ0) is 31.1. The maximum absolute atomic E-state index is 12.6. The van der Waals surface area contributed by atoms with Gasteiger partial charge in [-0.05, 0) is 88.2 Å². The minimum Gasteiger partial charge on any atom is -0.493 e. The Bertz CT molecular complexity index is 1830. The molecule has 0 fully saturated rings. The van der Waals surface area contributed by atoms with Gasteiger partial charge in [0.15, 0.2) is 17.6 Å². The molecule has 1 N–H and O–H groups in total. The van der Waals surface area contributed by atoms with E-state index in [1.54, 1.807) is 26.4 Å². The summed E-state index contributed by atoms with van der Waals surface area (Å²) in [5.74, 6) is 0.143. The number of benzene rings is 3. The van der Waals surface area contributed by atoms with Gasteiger partial charge >= 0.3 is 5.97 Å². The predicted octanol–water partition coefficient (Wildman–Crippen LogP) is 8.32. The molecular weight excluding hydrogens is 586 g/mol. The number of hydrogen-bond donors (Lipinski definition) is 1. The fourth-order valence-corrected chi connectivity index (χ4v) is 6.28. The average Bonchev–Trinajstić information content (AvgIpc) is 3.38. The summed E-state index contributed by atoms with van der Waals surface area (Å²) in [5.41, 5.74) is 5.99. The van der Waals surface area contributed by atoms with Crippen molar-refractivity contribution in [3.63, 3.8) is 0 Å². The number of ether oxygens (including phenoxy) is 3. The Morgan fingerprint density at radius 1 is 0.930 bits per heavy atom. The largest absolute Gasteiger partial charge is 0.493 e. The molecule has 0 amide bonds. The van der Waals surface area contributed by atoms with Crippen LogP contribution in [0.25, 0.3) is 43.2 Å². The van der Waals surface area contributed by atoms with Crippen LogP contribution in [0.1, 0.15) is 43.7 Å². The molecule has 0 radical (unpaired) electrons. The molecule has 8 nitrogen and oxygen atoms in total. The number of fused-ring (bicyclic) bond motifs is 1. The van der Waals surface area contributed by atoms with Gasteiger partial charge in [-0.15, -0.1) is 11.3 Å². The van der Waals surface area contributed by atoms with Crippen LogP contribution >= 0.6 is 22.9 Å². The molecular formula is C33H32ClN3O5S. The van der Waals surface area contributed by atoms with Crippen molar-refractivity contribution in [3.8, 4) is 44.5 Å². The summed E-state index contributed by atoms with van der Waals surface area (Å²) in [6.07, 6.45) is -1.19. The summed E-state index contributed by atoms with van der Waals surface area (Å²) in [7, 11) is 3.18. The van der Waals surface area contributed by atoms with E-state index >= 15 is 0 Å². The van der Waals surface area contributed by atoms with Crippen LogP contribution in [0, 0.1) is 13.8 Å². The molecule has 1 atom stereocenters. The van der Waals surface area contributed by atoms with Crippen molar-refractivity contribution in [1.29, 1.82) is 0 Å². The third-order valence-electron chi connectivity index (χ3n) is 6.91. The molecule has 0 bridgehead atoms. The van der Waals surface area contributed by atoms with Crippen molar-refractivity contribution in [2.24, 2.45) is 0 Å². The first kappa shape index (κ1) is 30.4. The molecule has 0 spiro atoms. The molecule has 0 aliphatic rings. The number of aryl methyl sites for hydroxylation is 2. The average molecular weight is 618 g/mol. The molecule has 10 heteroatoms. The van der Waals surface area contributed by atoms with Crippen molar-refractivity contribution < 1.29 is 24.1 Å². The van der Waals surface area contributed by atoms with Gasteiger partial charge in [-0.1, -0.05) is 23.7 Å². The fourth-order valence-electron chi connectivity index (χ4n) is 4.96. The number of nitrogens with zero attached hydrogens (tertiary/aromatic N) is 3. The SMILES string of the molecule is COc1ccc(-c2cc(-c3nc4cc(C)c([C@H](OC(C)(C)C)C(=O)O)c(-c5ccc(Cl)cc5)c4s3)c(C)nn2)cc1OC. The van der Waals surface area contributed by atoms with E-state index in [9.17, 15) is 9.90 Å². The van der Waals surface area contributed by atoms with Crippen molar-refractivity contribution in [1.82, 2.24) is 15.2 Å². The van der Waals surface area contributed by atoms with Crippen LogP contribution in [0.3, 0.4) is 0 Å². The lowest BCUT2D eigenvalue weighted by atomic mass is 9.91. The van der Waals surface area contributed by atoms with E-state index in [1.165, 1.54) is 11.3 Å². The zero-order valence-corrected chi connectivity index (χ0v) is 26.6. The molecule has 2 heterocycles. The lowest BCUT2D eigenvalue weighted by Gasteiger charge is -2.28. The third kappa shape index (κ3) is 6.20. The van der Waals surface area contributed by atoms with Crippen LogP contribution in [0.5, 0.6) is 11.5 Å². The molecule has 222 valence electrons. The van der Waals surface area contributed by atoms with Gasteiger partial charge in [0.05, 0.1) is 41.4 Å². The second-order valence-electron chi connectivity index (χ2n) is 11.1. The summed E-state index contributed by atoms with van der Waals surface area (Å²) < 4.78 is 17.8. The maximum Gasteiger partial charge on any atom is 0.337 e. The van der Waals surface area contributed by atoms with Crippen molar-refractivity contribution in [2.75, 3.05) is 14.2 Å². The van der Waals surface area contributed by atoms with E-state index < -0.39 is 17.7 Å². The molecule has 43 heavy (non-hydrogen) atoms. The fraction of sp³-hybridized carbons (Fsp3) is 0.273. The van der Waals surface area contributed by atoms with E-state index in [0.717, 1.165) is 43.0 Å². The minimum atomic E-state index is -1.19. The normalized spacial score (nSPS) is 12.4. The summed E-state index contributed by atoms with van der Waals surface area (Å²) in [4.78, 5) is 17.7. The first-order valence-electron chi connectivity index (χ1n) is 13.6. The smallest absolute Gasteiger partial charge is 0.337 e. The van der Waals surface area contributed by atoms with Gasteiger partial charge in [0.1, 0.15) is 5.01 Å². The molecule has 0 saturated carbocycles. The molecule has 3 aromatic carbocycles. The Labute approximate surface area is 259 Å². The Morgan fingerprint density at radius 2 is 1.60 bits per heavy atom. The number of carbonyl (C=O) groups is 1. The number of carboxylic acid groups (broad SMARTS) is 1. The standard InChI is InChI=1S/C33H32ClN3O5S/c1-17-14-24-30(28(19-8-11-21(34)12-9-19)27(17)29(32(38)39)42-33(3,4)5)43-31(35-24)22-16-23(37-36-18(22)2)20-10-13-25(40-6)26(15-20)41-7/h8-16,29H,1-7H3,(H,38,39)/t29-/m0/s1. The van der Waals surface area contributed by atoms with Gasteiger partial charge in [0.25, 0.3) is 0 Å². The number of aromatic nitrogens is 3. The number of halogens is 1. The Kier molecular flexibility index (Phi) is 8.42. The molecule has 0 unspecified atom stereocenters. The Balaban J connectivity index is 1.73. The molecule has 0 saturated heterocycles. The second-order valence-corrected chi connectivity index (χ2v) is 12.5. The van der Waals surface area contributed by atoms with Crippen LogP contribution in [-0.2, 0) is 9.53 Å². The highest BCUT2D eigenvalue weighted by atomic mass is 35.5. The monoisotopic (exact) mass is 617 g/mol. The zero-order valence-electron chi connectivity index (χ0n) is 25.0. The molecule has 5 rings (SSSR count). The van der Waals surface area contributed by atoms with E-state index in [2.05, 4.69) is 10.2 Å². The van der Waals surface area contributed by atoms with Crippen molar-refractivity contribution >= 4 is 39.1 Å². The topological polar surface area (TPSA) is 104 Å². The van der Waals surface area contributed by atoms with Crippen LogP contribution in [0.15, 0.2) is 54.6 Å². The van der Waals surface area contributed by atoms with Gasteiger partial charge < -0.3 is 19.3 Å². The van der Waals surface area contributed by atoms with Gasteiger partial charge in [0.2, 0.25) is 0 Å². The highest BCUT2D eigenvalue weighted by Gasteiger charge is 2.32. The van der Waals surface area contributed by atoms with Crippen LogP contribution in [0.4, 0.5) is 0 Å². The lowest BCUT2D eigenvalue weighted by Crippen LogP contribution is -2.28. The highest BCUT2D eigenvalue weighted by molar-refractivity contribution is 7.22. The number of thiazole rings is 1. The van der Waals surface area contributed by atoms with E-state index in [4.69, 9.17) is 30.8 Å². The van der Waals surface area contributed by atoms with Crippen molar-refractivity contribution in [3.05, 3.63) is 76.4 Å². The number of rotatable bonds is 8. The maximum atomic E-state index is 12.6. The molecule has 0 aliphatic carbocycles. The summed E-state index contributed by atoms with van der Waals surface area (Å²) in [6, 6.07) is 16.8. The van der Waals surface area contributed by atoms with Crippen LogP contribution in [-0.4, -0.2) is 46.1 Å². The number of methoxy groups -OCH3 is 2. The molecule has 5 aromatic rings. The summed E-state index contributed by atoms with van der Waals surface area (Å²) in [5, 5.41) is 20.5. The highest BCUT2D eigenvalue weighted by Crippen LogP contribution is 2.45. The van der Waals surface area contributed by atoms with E-state index in [0.29, 0.717) is 33.5 Å². The minimum absolute atomic E-state index is 0.584. The van der Waals surface area contributed by atoms with E-state index in [1.807, 2.05) is 77.1 Å². The van der Waals surface area contributed by atoms with Crippen molar-refractivity contribution in [2.45, 2.75) is 46.3 Å². The van der Waals surface area contributed by atoms with E-state index in [-0.39, 0.29) is 0 Å². The van der Waals surface area contributed by atoms with Crippen LogP contribution in [0.2, 0.25) is 5.02 Å². The number of hydrogen-bond acceptors (Lipinski definition) is 8. The van der Waals surface area contributed by atoms with Crippen LogP contribution < -0.4 is 9.47 Å². The van der Waals surface area contributed by atoms with Gasteiger partial charge in [-0.2, -0.15) is 10.2 Å². The number of aliphatic carboxylic acids is 1. The van der Waals surface area contributed by atoms with Gasteiger partial charge in [-0.25, -0.2) is 9.78 Å². The molecule has 2 aromatic heterocycles. The lowest BCUT2D eigenvalue weighted by molar-refractivity contribution is -0.160. The first-order chi connectivity index (χ1) is 20.4. The number of carboxylic acids is 1. The second kappa shape index (κ2) is 11.9. The summed E-state index contributed by atoms with van der Waals surface area (Å²) in [6.45, 7) is 9.32. The quantitative estimate of drug-likeness (QED) is 0.185. The molecule has 0 aliphatic heterocycles. The predicted molar refractivity (Wildman–Crippen MR) is 170 cm³/mol. The third-order valence-corrected chi connectivity index (χ3v) is 8.28. The first-order valence-corrected chi connectivity index (χ1v) is 14.8. The van der Waals surface area contributed by atoms with Gasteiger partial charge in [-0.3, -0.25) is 0 Å². The Hall–Kier alpha value is -4.05. The summed E-state index contributed by atoms with van der Waals surface area (Å²) >= 11 is 7.71.